The highest BCUT2D eigenvalue weighted by Gasteiger charge is 2.50. The largest absolute Gasteiger partial charge is 0.487 e. The van der Waals surface area contributed by atoms with Gasteiger partial charge in [0.25, 0.3) is 0 Å². The Labute approximate surface area is 127 Å². The first-order chi connectivity index (χ1) is 9.92. The van der Waals surface area contributed by atoms with E-state index in [0.29, 0.717) is 5.56 Å². The zero-order valence-corrected chi connectivity index (χ0v) is 12.8. The van der Waals surface area contributed by atoms with Crippen molar-refractivity contribution in [1.82, 2.24) is 0 Å². The van der Waals surface area contributed by atoms with Gasteiger partial charge in [0.05, 0.1) is 16.8 Å². The average molecular weight is 316 g/mol. The van der Waals surface area contributed by atoms with Gasteiger partial charge < -0.3 is 9.31 Å². The van der Waals surface area contributed by atoms with Crippen molar-refractivity contribution in [2.24, 2.45) is 0 Å². The molecule has 1 aliphatic rings. The summed E-state index contributed by atoms with van der Waals surface area (Å²) in [6.45, 7) is 7.55. The van der Waals surface area contributed by atoms with Gasteiger partial charge in [-0.25, -0.2) is 4.39 Å². The van der Waals surface area contributed by atoms with Crippen molar-refractivity contribution >= 4 is 13.2 Å². The molecule has 2 nitrogen and oxygen atoms in total. The molecule has 0 N–H and O–H groups in total. The Hall–Kier alpha value is -1.34. The summed E-state index contributed by atoms with van der Waals surface area (Å²) in [5.41, 5.74) is -1.98. The Morgan fingerprint density at radius 3 is 2.05 bits per heavy atom. The molecule has 0 amide bonds. The molecule has 1 fully saturated rings. The van der Waals surface area contributed by atoms with Gasteiger partial charge >= 0.3 is 13.3 Å². The third-order valence-electron chi connectivity index (χ3n) is 4.02. The Bertz CT molecular complexity index is 578. The van der Waals surface area contributed by atoms with E-state index < -0.39 is 35.9 Å². The van der Waals surface area contributed by atoms with Crippen molar-refractivity contribution in [1.29, 1.82) is 0 Å². The molecule has 1 saturated heterocycles. The maximum Gasteiger partial charge on any atom is 0.487 e. The molecule has 0 aromatic heterocycles. The Morgan fingerprint density at radius 2 is 1.59 bits per heavy atom. The molecule has 0 atom stereocenters. The molecule has 0 spiro atoms. The van der Waals surface area contributed by atoms with Gasteiger partial charge in [0.1, 0.15) is 5.82 Å². The molecule has 0 bridgehead atoms. The van der Waals surface area contributed by atoms with Crippen LogP contribution in [-0.4, -0.2) is 18.3 Å². The van der Waals surface area contributed by atoms with Crippen LogP contribution in [0.1, 0.15) is 38.8 Å². The van der Waals surface area contributed by atoms with Crippen molar-refractivity contribution in [2.75, 3.05) is 0 Å². The first kappa shape index (κ1) is 17.0. The van der Waals surface area contributed by atoms with Gasteiger partial charge in [-0.05, 0) is 45.4 Å². The minimum atomic E-state index is -4.70. The predicted molar refractivity (Wildman–Crippen MR) is 76.5 cm³/mol. The molecule has 0 radical (unpaired) electrons. The van der Waals surface area contributed by atoms with Gasteiger partial charge in [0.15, 0.2) is 0 Å². The molecule has 22 heavy (non-hydrogen) atoms. The van der Waals surface area contributed by atoms with Crippen LogP contribution in [0.4, 0.5) is 17.6 Å². The molecule has 0 aliphatic carbocycles. The number of hydrogen-bond donors (Lipinski definition) is 0. The number of halogens is 4. The number of benzene rings is 1. The fourth-order valence-corrected chi connectivity index (χ4v) is 2.02. The molecule has 1 aliphatic heterocycles. The first-order valence-electron chi connectivity index (χ1n) is 6.83. The number of alkyl halides is 3. The monoisotopic (exact) mass is 316 g/mol. The van der Waals surface area contributed by atoms with Crippen molar-refractivity contribution in [3.8, 4) is 0 Å². The lowest BCUT2D eigenvalue weighted by molar-refractivity contribution is -0.140. The van der Waals surface area contributed by atoms with Crippen LogP contribution in [-0.2, 0) is 15.5 Å². The van der Waals surface area contributed by atoms with E-state index in [2.05, 4.69) is 0 Å². The summed E-state index contributed by atoms with van der Waals surface area (Å²) in [5, 5.41) is 0. The summed E-state index contributed by atoms with van der Waals surface area (Å²) in [6, 6.07) is 2.76. The molecular weight excluding hydrogens is 299 g/mol. The highest BCUT2D eigenvalue weighted by molar-refractivity contribution is 6.52. The maximum atomic E-state index is 13.5. The minimum Gasteiger partial charge on any atom is -0.400 e. The van der Waals surface area contributed by atoms with Crippen LogP contribution in [0, 0.1) is 5.82 Å². The zero-order chi connectivity index (χ0) is 16.8. The molecule has 2 rings (SSSR count). The summed E-state index contributed by atoms with van der Waals surface area (Å²) >= 11 is 0. The molecule has 120 valence electrons. The van der Waals surface area contributed by atoms with Crippen molar-refractivity contribution in [3.05, 3.63) is 41.1 Å². The highest BCUT2D eigenvalue weighted by Crippen LogP contribution is 2.37. The second-order valence-electron chi connectivity index (χ2n) is 6.22. The zero-order valence-electron chi connectivity index (χ0n) is 12.8. The van der Waals surface area contributed by atoms with Crippen molar-refractivity contribution in [3.63, 3.8) is 0 Å². The summed E-state index contributed by atoms with van der Waals surface area (Å²) in [6.07, 6.45) is -3.22. The fraction of sp³-hybridized carbons (Fsp3) is 0.467. The minimum absolute atomic E-state index is 0.306. The molecule has 1 heterocycles. The van der Waals surface area contributed by atoms with Gasteiger partial charge in [-0.3, -0.25) is 0 Å². The van der Waals surface area contributed by atoms with Gasteiger partial charge in [-0.1, -0.05) is 18.1 Å². The molecule has 1 aromatic rings. The smallest absolute Gasteiger partial charge is 0.400 e. The molecule has 1 aromatic carbocycles. The van der Waals surface area contributed by atoms with Crippen molar-refractivity contribution < 1.29 is 26.9 Å². The van der Waals surface area contributed by atoms with Gasteiger partial charge in [-0.2, -0.15) is 13.2 Å². The van der Waals surface area contributed by atoms with E-state index >= 15 is 0 Å². The van der Waals surface area contributed by atoms with E-state index in [-0.39, 0.29) is 0 Å². The van der Waals surface area contributed by atoms with Gasteiger partial charge in [0.2, 0.25) is 0 Å². The van der Waals surface area contributed by atoms with E-state index in [1.165, 1.54) is 12.1 Å². The second kappa shape index (κ2) is 5.39. The standard InChI is InChI=1S/C15H17BF4O2/c1-13(2)14(3,4)22-16(21-13)8-7-10-5-6-11(12(17)9-10)15(18,19)20/h5-9H,1-4H3/b8-7+. The van der Waals surface area contributed by atoms with Crippen LogP contribution < -0.4 is 0 Å². The SMILES string of the molecule is CC1(C)OB(/C=C/c2ccc(C(F)(F)F)c(F)c2)OC1(C)C. The summed E-state index contributed by atoms with van der Waals surface area (Å²) in [5.74, 6) is 0.252. The summed E-state index contributed by atoms with van der Waals surface area (Å²) in [7, 11) is -0.629. The lowest BCUT2D eigenvalue weighted by Gasteiger charge is -2.32. The van der Waals surface area contributed by atoms with Gasteiger partial charge in [0, 0.05) is 0 Å². The second-order valence-corrected chi connectivity index (χ2v) is 6.22. The van der Waals surface area contributed by atoms with E-state index in [4.69, 9.17) is 9.31 Å². The van der Waals surface area contributed by atoms with Crippen LogP contribution in [0.5, 0.6) is 0 Å². The summed E-state index contributed by atoms with van der Waals surface area (Å²) < 4.78 is 62.4. The third kappa shape index (κ3) is 3.36. The first-order valence-corrected chi connectivity index (χ1v) is 6.83. The topological polar surface area (TPSA) is 18.5 Å². The Balaban J connectivity index is 2.14. The summed E-state index contributed by atoms with van der Waals surface area (Å²) in [4.78, 5) is 0. The lowest BCUT2D eigenvalue weighted by Crippen LogP contribution is -2.41. The van der Waals surface area contributed by atoms with Crippen LogP contribution >= 0.6 is 0 Å². The van der Waals surface area contributed by atoms with E-state index in [9.17, 15) is 17.6 Å². The number of rotatable bonds is 2. The van der Waals surface area contributed by atoms with Gasteiger partial charge in [-0.15, -0.1) is 0 Å². The van der Waals surface area contributed by atoms with Crippen molar-refractivity contribution in [2.45, 2.75) is 45.1 Å². The highest BCUT2D eigenvalue weighted by atomic mass is 19.4. The maximum absolute atomic E-state index is 13.5. The van der Waals surface area contributed by atoms with E-state index in [0.717, 1.165) is 12.1 Å². The van der Waals surface area contributed by atoms with E-state index in [1.807, 2.05) is 27.7 Å². The van der Waals surface area contributed by atoms with Crippen LogP contribution in [0.3, 0.4) is 0 Å². The third-order valence-corrected chi connectivity index (χ3v) is 4.02. The quantitative estimate of drug-likeness (QED) is 0.591. The molecular formula is C15H17BF4O2. The van der Waals surface area contributed by atoms with Crippen LogP contribution in [0.2, 0.25) is 0 Å². The number of hydrogen-bond acceptors (Lipinski definition) is 2. The van der Waals surface area contributed by atoms with Crippen LogP contribution in [0.15, 0.2) is 24.2 Å². The Morgan fingerprint density at radius 1 is 1.05 bits per heavy atom. The average Bonchev–Trinajstić information content (AvgIpc) is 2.54. The predicted octanol–water partition coefficient (Wildman–Crippen LogP) is 4.49. The molecule has 0 unspecified atom stereocenters. The van der Waals surface area contributed by atoms with Crippen LogP contribution in [0.25, 0.3) is 6.08 Å². The lowest BCUT2D eigenvalue weighted by atomic mass is 9.89. The normalized spacial score (nSPS) is 20.8. The molecule has 0 saturated carbocycles. The Kier molecular flexibility index (Phi) is 4.17. The fourth-order valence-electron chi connectivity index (χ4n) is 2.02. The van der Waals surface area contributed by atoms with E-state index in [1.54, 1.807) is 5.98 Å². The molecule has 7 heteroatoms.